The van der Waals surface area contributed by atoms with Crippen molar-refractivity contribution < 1.29 is 23.4 Å². The van der Waals surface area contributed by atoms with Crippen LogP contribution in [0.4, 0.5) is 9.18 Å². The van der Waals surface area contributed by atoms with Gasteiger partial charge >= 0.3 is 6.09 Å². The number of alkyl carbamates (subject to hydrolysis) is 1. The molecule has 2 aromatic rings. The quantitative estimate of drug-likeness (QED) is 0.605. The van der Waals surface area contributed by atoms with E-state index in [2.05, 4.69) is 24.1 Å². The maximum Gasteiger partial charge on any atom is 0.407 e. The van der Waals surface area contributed by atoms with E-state index in [0.29, 0.717) is 29.6 Å². The molecule has 0 aromatic heterocycles. The third kappa shape index (κ3) is 5.10. The average Bonchev–Trinajstić information content (AvgIpc) is 2.80. The highest BCUT2D eigenvalue weighted by Gasteiger charge is 2.41. The van der Waals surface area contributed by atoms with Gasteiger partial charge in [-0.15, -0.1) is 0 Å². The lowest BCUT2D eigenvalue weighted by molar-refractivity contribution is -0.0361. The molecule has 2 bridgehead atoms. The smallest absolute Gasteiger partial charge is 0.407 e. The van der Waals surface area contributed by atoms with Crippen molar-refractivity contribution in [2.75, 3.05) is 26.2 Å². The molecule has 1 amide bonds. The van der Waals surface area contributed by atoms with E-state index in [-0.39, 0.29) is 35.6 Å². The number of rotatable bonds is 5. The molecule has 4 aliphatic rings. The first kappa shape index (κ1) is 23.9. The molecule has 0 radical (unpaired) electrons. The average molecular weight is 483 g/mol. The van der Waals surface area contributed by atoms with Gasteiger partial charge in [0.05, 0.1) is 18.8 Å². The van der Waals surface area contributed by atoms with E-state index in [1.54, 1.807) is 0 Å². The van der Waals surface area contributed by atoms with Crippen LogP contribution in [0.2, 0.25) is 0 Å². The number of ether oxygens (including phenoxy) is 3. The molecule has 6 nitrogen and oxygen atoms in total. The van der Waals surface area contributed by atoms with Crippen LogP contribution in [-0.4, -0.2) is 49.4 Å². The van der Waals surface area contributed by atoms with E-state index in [1.807, 2.05) is 38.1 Å². The number of piperidine rings is 3. The molecule has 3 saturated heterocycles. The number of nitrogens with zero attached hydrogens (tertiary/aromatic N) is 1. The fourth-order valence-corrected chi connectivity index (χ4v) is 5.52. The van der Waals surface area contributed by atoms with Gasteiger partial charge in [0.1, 0.15) is 23.4 Å². The standard InChI is InChI=1S/C28H35FN2O4/c1-17(2)34-22-12-20(11-21(29)14-22)19-5-6-23-24(13-19)33-16-28(3,4)26(23)30-27(32)35-25-15-31-9-7-18(25)8-10-31/h5-6,11-14,17-18,25-26H,7-10,15-16H2,1-4H3,(H,30,32)/t25-,26?/m0/s1. The lowest BCUT2D eigenvalue weighted by atomic mass is 9.78. The number of hydrogen-bond donors (Lipinski definition) is 1. The zero-order chi connectivity index (χ0) is 24.7. The predicted molar refractivity (Wildman–Crippen MR) is 132 cm³/mol. The first-order valence-corrected chi connectivity index (χ1v) is 12.6. The summed E-state index contributed by atoms with van der Waals surface area (Å²) in [4.78, 5) is 15.3. The normalized spacial score (nSPS) is 26.6. The van der Waals surface area contributed by atoms with Gasteiger partial charge in [0.2, 0.25) is 0 Å². The van der Waals surface area contributed by atoms with E-state index < -0.39 is 0 Å². The fraction of sp³-hybridized carbons (Fsp3) is 0.536. The number of hydrogen-bond acceptors (Lipinski definition) is 5. The topological polar surface area (TPSA) is 60.0 Å². The summed E-state index contributed by atoms with van der Waals surface area (Å²) in [5.74, 6) is 1.28. The highest BCUT2D eigenvalue weighted by molar-refractivity contribution is 5.71. The van der Waals surface area contributed by atoms with Crippen LogP contribution in [-0.2, 0) is 4.74 Å². The molecule has 7 heteroatoms. The highest BCUT2D eigenvalue weighted by Crippen LogP contribution is 2.44. The third-order valence-corrected chi connectivity index (χ3v) is 7.40. The summed E-state index contributed by atoms with van der Waals surface area (Å²) < 4.78 is 32.0. The van der Waals surface area contributed by atoms with E-state index in [9.17, 15) is 9.18 Å². The van der Waals surface area contributed by atoms with Crippen molar-refractivity contribution in [1.82, 2.24) is 10.2 Å². The van der Waals surface area contributed by atoms with Gasteiger partial charge < -0.3 is 19.5 Å². The van der Waals surface area contributed by atoms with E-state index in [1.165, 1.54) is 12.1 Å². The Morgan fingerprint density at radius 2 is 1.91 bits per heavy atom. The molecule has 0 spiro atoms. The summed E-state index contributed by atoms with van der Waals surface area (Å²) >= 11 is 0. The van der Waals surface area contributed by atoms with Crippen molar-refractivity contribution in [2.24, 2.45) is 11.3 Å². The lowest BCUT2D eigenvalue weighted by Crippen LogP contribution is -2.53. The highest BCUT2D eigenvalue weighted by atomic mass is 19.1. The molecule has 0 aliphatic carbocycles. The van der Waals surface area contributed by atoms with Crippen molar-refractivity contribution in [3.8, 4) is 22.6 Å². The number of nitrogens with one attached hydrogen (secondary N) is 1. The molecule has 188 valence electrons. The van der Waals surface area contributed by atoms with Gasteiger partial charge in [0.25, 0.3) is 0 Å². The molecule has 0 saturated carbocycles. The number of amides is 1. The summed E-state index contributed by atoms with van der Waals surface area (Å²) in [6, 6.07) is 10.2. The molecule has 2 atom stereocenters. The molecule has 2 aromatic carbocycles. The summed E-state index contributed by atoms with van der Waals surface area (Å²) in [6.07, 6.45) is 1.72. The summed E-state index contributed by atoms with van der Waals surface area (Å²) in [5.41, 5.74) is 2.11. The zero-order valence-corrected chi connectivity index (χ0v) is 21.0. The Bertz CT molecular complexity index is 1090. The Kier molecular flexibility index (Phi) is 6.38. The molecule has 1 N–H and O–H groups in total. The van der Waals surface area contributed by atoms with Gasteiger partial charge in [-0.05, 0) is 75.0 Å². The number of fused-ring (bicyclic) bond motifs is 4. The van der Waals surface area contributed by atoms with Gasteiger partial charge in [-0.2, -0.15) is 0 Å². The number of carbonyl (C=O) groups excluding carboxylic acids is 1. The van der Waals surface area contributed by atoms with Crippen LogP contribution in [0.3, 0.4) is 0 Å². The Hall–Kier alpha value is -2.80. The second-order valence-electron chi connectivity index (χ2n) is 11.0. The van der Waals surface area contributed by atoms with Crippen LogP contribution in [0.5, 0.6) is 11.5 Å². The molecule has 4 heterocycles. The minimum atomic E-state index is -0.376. The van der Waals surface area contributed by atoms with Gasteiger partial charge in [-0.25, -0.2) is 9.18 Å². The molecule has 6 rings (SSSR count). The molecule has 3 fully saturated rings. The predicted octanol–water partition coefficient (Wildman–Crippen LogP) is 5.56. The molecule has 1 unspecified atom stereocenters. The number of halogens is 1. The van der Waals surface area contributed by atoms with Gasteiger partial charge in [-0.1, -0.05) is 26.0 Å². The number of carbonyl (C=O) groups is 1. The second-order valence-corrected chi connectivity index (χ2v) is 11.0. The van der Waals surface area contributed by atoms with Crippen molar-refractivity contribution in [3.05, 3.63) is 47.8 Å². The van der Waals surface area contributed by atoms with Crippen LogP contribution in [0.1, 0.15) is 52.1 Å². The molecule has 35 heavy (non-hydrogen) atoms. The van der Waals surface area contributed by atoms with E-state index in [4.69, 9.17) is 14.2 Å². The van der Waals surface area contributed by atoms with Crippen molar-refractivity contribution in [1.29, 1.82) is 0 Å². The summed E-state index contributed by atoms with van der Waals surface area (Å²) in [6.45, 7) is 11.4. The van der Waals surface area contributed by atoms with Crippen molar-refractivity contribution in [3.63, 3.8) is 0 Å². The Morgan fingerprint density at radius 3 is 2.60 bits per heavy atom. The van der Waals surface area contributed by atoms with Gasteiger partial charge in [-0.3, -0.25) is 4.90 Å². The Morgan fingerprint density at radius 1 is 1.14 bits per heavy atom. The minimum absolute atomic E-state index is 0.0440. The van der Waals surface area contributed by atoms with Gasteiger partial charge in [0.15, 0.2) is 0 Å². The summed E-state index contributed by atoms with van der Waals surface area (Å²) in [5, 5.41) is 3.13. The first-order chi connectivity index (χ1) is 16.7. The Balaban J connectivity index is 1.36. The largest absolute Gasteiger partial charge is 0.493 e. The third-order valence-electron chi connectivity index (χ3n) is 7.40. The van der Waals surface area contributed by atoms with Crippen LogP contribution in [0, 0.1) is 17.2 Å². The van der Waals surface area contributed by atoms with Crippen molar-refractivity contribution >= 4 is 6.09 Å². The Labute approximate surface area is 206 Å². The molecular formula is C28H35FN2O4. The zero-order valence-electron chi connectivity index (χ0n) is 21.0. The molecule has 4 aliphatic heterocycles. The van der Waals surface area contributed by atoms with Crippen LogP contribution in [0.15, 0.2) is 36.4 Å². The summed E-state index contributed by atoms with van der Waals surface area (Å²) in [7, 11) is 0. The lowest BCUT2D eigenvalue weighted by Gasteiger charge is -2.44. The monoisotopic (exact) mass is 482 g/mol. The first-order valence-electron chi connectivity index (χ1n) is 12.6. The second kappa shape index (κ2) is 9.34. The SMILES string of the molecule is CC(C)Oc1cc(F)cc(-c2ccc3c(c2)OCC(C)(C)C3NC(=O)O[C@H]2CN3CCC2CC3)c1. The van der Waals surface area contributed by atoms with Crippen LogP contribution >= 0.6 is 0 Å². The van der Waals surface area contributed by atoms with Crippen molar-refractivity contribution in [2.45, 2.75) is 58.8 Å². The molecular weight excluding hydrogens is 447 g/mol. The van der Waals surface area contributed by atoms with Crippen LogP contribution in [0.25, 0.3) is 11.1 Å². The minimum Gasteiger partial charge on any atom is -0.493 e. The van der Waals surface area contributed by atoms with Gasteiger partial charge in [0, 0.05) is 23.6 Å². The van der Waals surface area contributed by atoms with E-state index in [0.717, 1.165) is 43.6 Å². The van der Waals surface area contributed by atoms with E-state index >= 15 is 0 Å². The maximum atomic E-state index is 14.3. The number of benzene rings is 2. The maximum absolute atomic E-state index is 14.3. The van der Waals surface area contributed by atoms with Crippen LogP contribution < -0.4 is 14.8 Å². The fourth-order valence-electron chi connectivity index (χ4n) is 5.52.